The molecule has 0 saturated carbocycles. The summed E-state index contributed by atoms with van der Waals surface area (Å²) in [6, 6.07) is 15.6. The van der Waals surface area contributed by atoms with Crippen molar-refractivity contribution in [3.63, 3.8) is 0 Å². The van der Waals surface area contributed by atoms with Gasteiger partial charge in [0.05, 0.1) is 19.3 Å². The fourth-order valence-corrected chi connectivity index (χ4v) is 3.07. The highest BCUT2D eigenvalue weighted by molar-refractivity contribution is 5.94. The Kier molecular flexibility index (Phi) is 4.60. The van der Waals surface area contributed by atoms with Crippen LogP contribution in [0.2, 0.25) is 0 Å². The van der Waals surface area contributed by atoms with Crippen LogP contribution < -0.4 is 15.4 Å². The normalized spacial score (nSPS) is 15.9. The number of methoxy groups -OCH3 is 1. The Morgan fingerprint density at radius 3 is 2.67 bits per heavy atom. The molecule has 1 aromatic heterocycles. The number of nitrogens with zero attached hydrogens (tertiary/aromatic N) is 2. The molecule has 2 aromatic carbocycles. The summed E-state index contributed by atoms with van der Waals surface area (Å²) < 4.78 is 19.9. The Morgan fingerprint density at radius 2 is 1.96 bits per heavy atom. The average molecular weight is 366 g/mol. The first-order valence-corrected chi connectivity index (χ1v) is 8.64. The number of rotatable bonds is 5. The molecular formula is C20H19FN4O2. The van der Waals surface area contributed by atoms with Crippen molar-refractivity contribution in [2.24, 2.45) is 0 Å². The SMILES string of the molecule is COc1ccc(-c2cc3n(n2)[C@@H](NCc2ccc(F)cc2)CNC3=O)cc1. The van der Waals surface area contributed by atoms with E-state index >= 15 is 0 Å². The van der Waals surface area contributed by atoms with Gasteiger partial charge in [0.25, 0.3) is 5.91 Å². The minimum atomic E-state index is -0.262. The summed E-state index contributed by atoms with van der Waals surface area (Å²) in [7, 11) is 1.62. The first-order chi connectivity index (χ1) is 13.1. The molecule has 0 radical (unpaired) electrons. The van der Waals surface area contributed by atoms with Gasteiger partial charge in [-0.2, -0.15) is 5.10 Å². The van der Waals surface area contributed by atoms with Crippen molar-refractivity contribution < 1.29 is 13.9 Å². The smallest absolute Gasteiger partial charge is 0.269 e. The summed E-state index contributed by atoms with van der Waals surface area (Å²) in [5.74, 6) is 0.351. The van der Waals surface area contributed by atoms with E-state index in [0.29, 0.717) is 18.8 Å². The maximum absolute atomic E-state index is 13.0. The summed E-state index contributed by atoms with van der Waals surface area (Å²) in [6.07, 6.45) is -0.185. The zero-order valence-corrected chi connectivity index (χ0v) is 14.8. The molecule has 0 fully saturated rings. The van der Waals surface area contributed by atoms with Crippen LogP contribution in [0.5, 0.6) is 5.75 Å². The van der Waals surface area contributed by atoms with Crippen LogP contribution in [-0.2, 0) is 6.54 Å². The minimum absolute atomic E-state index is 0.151. The Morgan fingerprint density at radius 1 is 1.22 bits per heavy atom. The van der Waals surface area contributed by atoms with E-state index in [-0.39, 0.29) is 17.9 Å². The molecule has 2 heterocycles. The Bertz CT molecular complexity index is 951. The molecule has 1 amide bonds. The van der Waals surface area contributed by atoms with Gasteiger partial charge < -0.3 is 10.1 Å². The van der Waals surface area contributed by atoms with Gasteiger partial charge in [-0.1, -0.05) is 12.1 Å². The molecule has 2 N–H and O–H groups in total. The quantitative estimate of drug-likeness (QED) is 0.729. The van der Waals surface area contributed by atoms with Gasteiger partial charge in [-0.05, 0) is 48.0 Å². The fourth-order valence-electron chi connectivity index (χ4n) is 3.07. The zero-order chi connectivity index (χ0) is 18.8. The summed E-state index contributed by atoms with van der Waals surface area (Å²) in [5.41, 5.74) is 3.09. The molecule has 0 aliphatic carbocycles. The molecule has 0 spiro atoms. The van der Waals surface area contributed by atoms with E-state index in [9.17, 15) is 9.18 Å². The molecule has 4 rings (SSSR count). The van der Waals surface area contributed by atoms with Gasteiger partial charge in [-0.15, -0.1) is 0 Å². The molecule has 1 aliphatic heterocycles. The van der Waals surface area contributed by atoms with E-state index < -0.39 is 0 Å². The van der Waals surface area contributed by atoms with E-state index in [1.807, 2.05) is 24.3 Å². The second-order valence-corrected chi connectivity index (χ2v) is 6.32. The molecule has 3 aromatic rings. The van der Waals surface area contributed by atoms with Gasteiger partial charge >= 0.3 is 0 Å². The maximum atomic E-state index is 13.0. The van der Waals surface area contributed by atoms with Crippen molar-refractivity contribution in [2.45, 2.75) is 12.7 Å². The third-order valence-electron chi connectivity index (χ3n) is 4.56. The highest BCUT2D eigenvalue weighted by Crippen LogP contribution is 2.25. The Balaban J connectivity index is 1.56. The highest BCUT2D eigenvalue weighted by Gasteiger charge is 2.27. The molecule has 0 saturated heterocycles. The van der Waals surface area contributed by atoms with E-state index in [1.54, 1.807) is 30.0 Å². The van der Waals surface area contributed by atoms with Crippen LogP contribution in [0, 0.1) is 5.82 Å². The molecule has 27 heavy (non-hydrogen) atoms. The molecule has 1 atom stereocenters. The lowest BCUT2D eigenvalue weighted by Crippen LogP contribution is -2.45. The molecule has 138 valence electrons. The van der Waals surface area contributed by atoms with Gasteiger partial charge in [0.15, 0.2) is 0 Å². The number of fused-ring (bicyclic) bond motifs is 1. The number of amides is 1. The molecular weight excluding hydrogens is 347 g/mol. The number of hydrogen-bond acceptors (Lipinski definition) is 4. The van der Waals surface area contributed by atoms with Crippen LogP contribution in [0.4, 0.5) is 4.39 Å². The van der Waals surface area contributed by atoms with Gasteiger partial charge in [0.1, 0.15) is 23.4 Å². The topological polar surface area (TPSA) is 68.2 Å². The highest BCUT2D eigenvalue weighted by atomic mass is 19.1. The monoisotopic (exact) mass is 366 g/mol. The van der Waals surface area contributed by atoms with Crippen molar-refractivity contribution in [1.29, 1.82) is 0 Å². The second kappa shape index (κ2) is 7.20. The lowest BCUT2D eigenvalue weighted by atomic mass is 10.1. The van der Waals surface area contributed by atoms with Crippen molar-refractivity contribution in [2.75, 3.05) is 13.7 Å². The molecule has 6 nitrogen and oxygen atoms in total. The number of hydrogen-bond donors (Lipinski definition) is 2. The van der Waals surface area contributed by atoms with E-state index in [4.69, 9.17) is 4.74 Å². The number of benzene rings is 2. The average Bonchev–Trinajstić information content (AvgIpc) is 3.15. The third kappa shape index (κ3) is 3.54. The maximum Gasteiger partial charge on any atom is 0.269 e. The number of carbonyl (C=O) groups excluding carboxylic acids is 1. The van der Waals surface area contributed by atoms with E-state index in [0.717, 1.165) is 22.6 Å². The second-order valence-electron chi connectivity index (χ2n) is 6.32. The third-order valence-corrected chi connectivity index (χ3v) is 4.56. The summed E-state index contributed by atoms with van der Waals surface area (Å²) in [6.45, 7) is 0.967. The number of nitrogens with one attached hydrogen (secondary N) is 2. The zero-order valence-electron chi connectivity index (χ0n) is 14.8. The van der Waals surface area contributed by atoms with Crippen LogP contribution in [0.15, 0.2) is 54.6 Å². The van der Waals surface area contributed by atoms with Crippen LogP contribution in [0.3, 0.4) is 0 Å². The summed E-state index contributed by atoms with van der Waals surface area (Å²) in [4.78, 5) is 12.2. The predicted molar refractivity (Wildman–Crippen MR) is 98.8 cm³/mol. The van der Waals surface area contributed by atoms with Gasteiger partial charge in [-0.25, -0.2) is 9.07 Å². The molecule has 0 unspecified atom stereocenters. The lowest BCUT2D eigenvalue weighted by Gasteiger charge is -2.25. The number of carbonyl (C=O) groups is 1. The van der Waals surface area contributed by atoms with Gasteiger partial charge in [0, 0.05) is 12.1 Å². The lowest BCUT2D eigenvalue weighted by molar-refractivity contribution is 0.0900. The molecule has 1 aliphatic rings. The summed E-state index contributed by atoms with van der Waals surface area (Å²) in [5, 5.41) is 10.9. The number of halogens is 1. The Hall–Kier alpha value is -3.19. The molecule has 0 bridgehead atoms. The number of ether oxygens (including phenoxy) is 1. The van der Waals surface area contributed by atoms with E-state index in [2.05, 4.69) is 15.7 Å². The summed E-state index contributed by atoms with van der Waals surface area (Å²) >= 11 is 0. The number of aromatic nitrogens is 2. The van der Waals surface area contributed by atoms with Crippen LogP contribution in [-0.4, -0.2) is 29.3 Å². The Labute approximate surface area is 156 Å². The van der Waals surface area contributed by atoms with Gasteiger partial charge in [0.2, 0.25) is 0 Å². The van der Waals surface area contributed by atoms with Crippen molar-refractivity contribution >= 4 is 5.91 Å². The van der Waals surface area contributed by atoms with E-state index in [1.165, 1.54) is 12.1 Å². The fraction of sp³-hybridized carbons (Fsp3) is 0.200. The van der Waals surface area contributed by atoms with Gasteiger partial charge in [-0.3, -0.25) is 10.1 Å². The first-order valence-electron chi connectivity index (χ1n) is 8.64. The van der Waals surface area contributed by atoms with Crippen molar-refractivity contribution in [3.8, 4) is 17.0 Å². The molecule has 7 heteroatoms. The van der Waals surface area contributed by atoms with Crippen molar-refractivity contribution in [1.82, 2.24) is 20.4 Å². The van der Waals surface area contributed by atoms with Crippen LogP contribution >= 0.6 is 0 Å². The largest absolute Gasteiger partial charge is 0.497 e. The van der Waals surface area contributed by atoms with Crippen LogP contribution in [0.25, 0.3) is 11.3 Å². The first kappa shape index (κ1) is 17.2. The van der Waals surface area contributed by atoms with Crippen molar-refractivity contribution in [3.05, 3.63) is 71.7 Å². The standard InChI is InChI=1S/C20H19FN4O2/c1-27-16-8-4-14(5-9-16)17-10-18-20(26)23-12-19(25(18)24-17)22-11-13-2-6-15(21)7-3-13/h2-10,19,22H,11-12H2,1H3,(H,23,26)/t19-/m1/s1. The predicted octanol–water partition coefficient (Wildman–Crippen LogP) is 2.73. The minimum Gasteiger partial charge on any atom is -0.497 e. The van der Waals surface area contributed by atoms with Crippen LogP contribution in [0.1, 0.15) is 22.2 Å².